The normalized spacial score (nSPS) is 11.0. The predicted molar refractivity (Wildman–Crippen MR) is 74.9 cm³/mol. The Labute approximate surface area is 107 Å². The maximum Gasteiger partial charge on any atom is 0.101 e. The number of rotatable bonds is 5. The van der Waals surface area contributed by atoms with Gasteiger partial charge in [-0.05, 0) is 49.6 Å². The molecule has 1 aromatic rings. The van der Waals surface area contributed by atoms with E-state index in [1.165, 1.54) is 0 Å². The second-order valence-electron chi connectivity index (χ2n) is 3.33. The molecule has 0 aliphatic heterocycles. The highest BCUT2D eigenvalue weighted by Gasteiger charge is 1.98. The molecular formula is C12H17ClN2S. The van der Waals surface area contributed by atoms with Crippen LogP contribution in [0.15, 0.2) is 23.2 Å². The van der Waals surface area contributed by atoms with Crippen molar-refractivity contribution in [2.24, 2.45) is 4.99 Å². The fourth-order valence-electron chi connectivity index (χ4n) is 1.26. The molecule has 0 radical (unpaired) electrons. The van der Waals surface area contributed by atoms with E-state index in [2.05, 4.69) is 23.1 Å². The zero-order chi connectivity index (χ0) is 12.0. The summed E-state index contributed by atoms with van der Waals surface area (Å²) in [5, 5.41) is 0.756. The summed E-state index contributed by atoms with van der Waals surface area (Å²) in [5.41, 5.74) is 2.07. The Bertz CT molecular complexity index is 366. The van der Waals surface area contributed by atoms with Gasteiger partial charge in [-0.25, -0.2) is 4.99 Å². The summed E-state index contributed by atoms with van der Waals surface area (Å²) in [6.07, 6.45) is 1.88. The van der Waals surface area contributed by atoms with Crippen LogP contribution in [0.5, 0.6) is 0 Å². The molecule has 0 aliphatic carbocycles. The molecule has 16 heavy (non-hydrogen) atoms. The topological polar surface area (TPSA) is 15.6 Å². The monoisotopic (exact) mass is 256 g/mol. The van der Waals surface area contributed by atoms with Gasteiger partial charge in [0.1, 0.15) is 6.34 Å². The Kier molecular flexibility index (Phi) is 5.71. The standard InChI is InChI=1S/C12H17ClN2S/c1-4-15(16-5-2)9-14-12-7-6-11(13)8-10(12)3/h6-9H,4-5H2,1-3H3. The first kappa shape index (κ1) is 13.4. The van der Waals surface area contributed by atoms with E-state index in [1.54, 1.807) is 11.9 Å². The highest BCUT2D eigenvalue weighted by atomic mass is 35.5. The highest BCUT2D eigenvalue weighted by Crippen LogP contribution is 2.22. The number of halogens is 1. The molecule has 0 saturated carbocycles. The SMILES string of the molecule is CCSN(C=Nc1ccc(Cl)cc1C)CC. The zero-order valence-corrected chi connectivity index (χ0v) is 11.5. The molecule has 0 N–H and O–H groups in total. The van der Waals surface area contributed by atoms with E-state index in [0.29, 0.717) is 0 Å². The summed E-state index contributed by atoms with van der Waals surface area (Å²) in [7, 11) is 0. The van der Waals surface area contributed by atoms with Gasteiger partial charge in [0.2, 0.25) is 0 Å². The molecule has 0 aromatic heterocycles. The van der Waals surface area contributed by atoms with Crippen LogP contribution < -0.4 is 0 Å². The lowest BCUT2D eigenvalue weighted by Crippen LogP contribution is -2.12. The maximum atomic E-state index is 5.89. The molecule has 0 unspecified atom stereocenters. The Morgan fingerprint density at radius 1 is 1.44 bits per heavy atom. The van der Waals surface area contributed by atoms with Gasteiger partial charge in [0, 0.05) is 17.3 Å². The van der Waals surface area contributed by atoms with Gasteiger partial charge >= 0.3 is 0 Å². The fraction of sp³-hybridized carbons (Fsp3) is 0.417. The van der Waals surface area contributed by atoms with Crippen molar-refractivity contribution in [3.63, 3.8) is 0 Å². The zero-order valence-electron chi connectivity index (χ0n) is 9.90. The first-order chi connectivity index (χ1) is 7.67. The summed E-state index contributed by atoms with van der Waals surface area (Å²) in [4.78, 5) is 4.46. The molecule has 0 heterocycles. The summed E-state index contributed by atoms with van der Waals surface area (Å²) >= 11 is 7.65. The van der Waals surface area contributed by atoms with E-state index in [0.717, 1.165) is 28.6 Å². The molecule has 88 valence electrons. The molecule has 2 nitrogen and oxygen atoms in total. The number of hydrogen-bond donors (Lipinski definition) is 0. The molecule has 0 bridgehead atoms. The fourth-order valence-corrected chi connectivity index (χ4v) is 2.12. The van der Waals surface area contributed by atoms with Crippen LogP contribution in [-0.2, 0) is 0 Å². The largest absolute Gasteiger partial charge is 0.307 e. The maximum absolute atomic E-state index is 5.89. The lowest BCUT2D eigenvalue weighted by molar-refractivity contribution is 0.734. The third-order valence-electron chi connectivity index (χ3n) is 2.09. The van der Waals surface area contributed by atoms with E-state index >= 15 is 0 Å². The van der Waals surface area contributed by atoms with E-state index in [1.807, 2.05) is 31.5 Å². The molecule has 0 aliphatic rings. The van der Waals surface area contributed by atoms with Crippen molar-refractivity contribution in [2.75, 3.05) is 12.3 Å². The Hall–Kier alpha value is -0.670. The van der Waals surface area contributed by atoms with Crippen LogP contribution in [0, 0.1) is 6.92 Å². The van der Waals surface area contributed by atoms with Crippen LogP contribution in [0.3, 0.4) is 0 Å². The van der Waals surface area contributed by atoms with Crippen LogP contribution in [-0.4, -0.2) is 22.9 Å². The average Bonchev–Trinajstić information content (AvgIpc) is 2.26. The smallest absolute Gasteiger partial charge is 0.101 e. The molecule has 0 atom stereocenters. The number of aliphatic imine (C=N–C) groups is 1. The second-order valence-corrected chi connectivity index (χ2v) is 5.07. The lowest BCUT2D eigenvalue weighted by atomic mass is 10.2. The molecule has 1 aromatic carbocycles. The number of hydrogen-bond acceptors (Lipinski definition) is 2. The van der Waals surface area contributed by atoms with E-state index in [4.69, 9.17) is 11.6 Å². The lowest BCUT2D eigenvalue weighted by Gasteiger charge is -2.14. The third kappa shape index (κ3) is 4.06. The van der Waals surface area contributed by atoms with Crippen LogP contribution in [0.4, 0.5) is 5.69 Å². The molecule has 1 rings (SSSR count). The second kappa shape index (κ2) is 6.81. The first-order valence-corrected chi connectivity index (χ1v) is 6.69. The van der Waals surface area contributed by atoms with Crippen molar-refractivity contribution in [1.82, 2.24) is 4.31 Å². The molecule has 4 heteroatoms. The quantitative estimate of drug-likeness (QED) is 0.444. The van der Waals surface area contributed by atoms with Gasteiger partial charge in [-0.3, -0.25) is 0 Å². The Balaban J connectivity index is 2.74. The van der Waals surface area contributed by atoms with Crippen molar-refractivity contribution >= 4 is 35.6 Å². The Morgan fingerprint density at radius 2 is 2.19 bits per heavy atom. The van der Waals surface area contributed by atoms with Gasteiger partial charge in [-0.2, -0.15) is 0 Å². The van der Waals surface area contributed by atoms with Gasteiger partial charge in [-0.15, -0.1) is 0 Å². The van der Waals surface area contributed by atoms with Crippen LogP contribution in [0.2, 0.25) is 5.02 Å². The predicted octanol–water partition coefficient (Wildman–Crippen LogP) is 4.30. The van der Waals surface area contributed by atoms with E-state index in [-0.39, 0.29) is 0 Å². The highest BCUT2D eigenvalue weighted by molar-refractivity contribution is 7.97. The van der Waals surface area contributed by atoms with E-state index < -0.39 is 0 Å². The summed E-state index contributed by atoms with van der Waals surface area (Å²) in [6.45, 7) is 7.22. The number of aryl methyl sites for hydroxylation is 1. The van der Waals surface area contributed by atoms with Gasteiger partial charge < -0.3 is 4.31 Å². The van der Waals surface area contributed by atoms with Gasteiger partial charge in [0.25, 0.3) is 0 Å². The van der Waals surface area contributed by atoms with E-state index in [9.17, 15) is 0 Å². The van der Waals surface area contributed by atoms with Crippen molar-refractivity contribution in [3.8, 4) is 0 Å². The first-order valence-electron chi connectivity index (χ1n) is 5.37. The minimum atomic E-state index is 0.756. The Morgan fingerprint density at radius 3 is 2.75 bits per heavy atom. The summed E-state index contributed by atoms with van der Waals surface area (Å²) in [5.74, 6) is 1.06. The molecule has 0 amide bonds. The number of nitrogens with zero attached hydrogens (tertiary/aromatic N) is 2. The van der Waals surface area contributed by atoms with Gasteiger partial charge in [0.15, 0.2) is 0 Å². The minimum Gasteiger partial charge on any atom is -0.307 e. The molecule has 0 spiro atoms. The summed E-state index contributed by atoms with van der Waals surface area (Å²) in [6, 6.07) is 5.74. The summed E-state index contributed by atoms with van der Waals surface area (Å²) < 4.78 is 2.12. The van der Waals surface area contributed by atoms with Crippen molar-refractivity contribution in [3.05, 3.63) is 28.8 Å². The minimum absolute atomic E-state index is 0.756. The molecular weight excluding hydrogens is 240 g/mol. The van der Waals surface area contributed by atoms with Gasteiger partial charge in [0.05, 0.1) is 5.69 Å². The van der Waals surface area contributed by atoms with Crippen LogP contribution >= 0.6 is 23.5 Å². The molecule has 0 fully saturated rings. The van der Waals surface area contributed by atoms with Crippen molar-refractivity contribution < 1.29 is 0 Å². The number of benzene rings is 1. The van der Waals surface area contributed by atoms with Crippen LogP contribution in [0.25, 0.3) is 0 Å². The van der Waals surface area contributed by atoms with Gasteiger partial charge in [-0.1, -0.05) is 18.5 Å². The molecule has 0 saturated heterocycles. The average molecular weight is 257 g/mol. The van der Waals surface area contributed by atoms with Crippen LogP contribution in [0.1, 0.15) is 19.4 Å². The van der Waals surface area contributed by atoms with Crippen molar-refractivity contribution in [1.29, 1.82) is 0 Å². The van der Waals surface area contributed by atoms with Crippen molar-refractivity contribution in [2.45, 2.75) is 20.8 Å². The third-order valence-corrected chi connectivity index (χ3v) is 3.27.